The summed E-state index contributed by atoms with van der Waals surface area (Å²) < 4.78 is 2.08. The molecule has 0 amide bonds. The largest absolute Gasteiger partial charge is 0.303 e. The Labute approximate surface area is 137 Å². The number of nitrogens with one attached hydrogen (secondary N) is 1. The smallest absolute Gasteiger partial charge is 0.0934 e. The summed E-state index contributed by atoms with van der Waals surface area (Å²) in [6.07, 6.45) is 3.60. The molecule has 1 aliphatic rings. The van der Waals surface area contributed by atoms with Crippen LogP contribution in [-0.2, 0) is 6.42 Å². The Morgan fingerprint density at radius 1 is 1.40 bits per heavy atom. The number of aryl methyl sites for hydroxylation is 1. The van der Waals surface area contributed by atoms with E-state index in [1.54, 1.807) is 11.3 Å². The van der Waals surface area contributed by atoms with Gasteiger partial charge < -0.3 is 5.32 Å². The second kappa shape index (κ2) is 6.18. The van der Waals surface area contributed by atoms with E-state index in [0.717, 1.165) is 4.34 Å². The van der Waals surface area contributed by atoms with E-state index in [1.807, 2.05) is 0 Å². The van der Waals surface area contributed by atoms with E-state index in [4.69, 9.17) is 11.6 Å². The minimum atomic E-state index is 0.320. The molecule has 1 aliphatic carbocycles. The second-order valence-electron chi connectivity index (χ2n) is 5.28. The van der Waals surface area contributed by atoms with Crippen molar-refractivity contribution in [2.45, 2.75) is 38.3 Å². The van der Waals surface area contributed by atoms with Gasteiger partial charge in [-0.2, -0.15) is 0 Å². The molecule has 1 aromatic carbocycles. The van der Waals surface area contributed by atoms with E-state index >= 15 is 0 Å². The highest BCUT2D eigenvalue weighted by molar-refractivity contribution is 9.10. The summed E-state index contributed by atoms with van der Waals surface area (Å²) in [5, 5.41) is 3.76. The molecular weight excluding hydrogens is 354 g/mol. The number of fused-ring (bicyclic) bond motifs is 1. The Morgan fingerprint density at radius 3 is 3.00 bits per heavy atom. The lowest BCUT2D eigenvalue weighted by Gasteiger charge is -2.27. The first kappa shape index (κ1) is 14.6. The lowest BCUT2D eigenvalue weighted by atomic mass is 9.93. The minimum absolute atomic E-state index is 0.320. The summed E-state index contributed by atoms with van der Waals surface area (Å²) in [6, 6.07) is 11.3. The fourth-order valence-corrected chi connectivity index (χ4v) is 4.92. The highest BCUT2D eigenvalue weighted by Gasteiger charge is 2.24. The van der Waals surface area contributed by atoms with Crippen LogP contribution in [0.2, 0.25) is 4.34 Å². The quantitative estimate of drug-likeness (QED) is 0.710. The van der Waals surface area contributed by atoms with Gasteiger partial charge in [0, 0.05) is 21.4 Å². The molecule has 0 radical (unpaired) electrons. The van der Waals surface area contributed by atoms with Crippen LogP contribution in [0.25, 0.3) is 0 Å². The predicted octanol–water partition coefficient (Wildman–Crippen LogP) is 5.89. The first-order chi connectivity index (χ1) is 9.65. The van der Waals surface area contributed by atoms with Crippen molar-refractivity contribution in [1.82, 2.24) is 5.32 Å². The van der Waals surface area contributed by atoms with Crippen molar-refractivity contribution in [3.8, 4) is 0 Å². The maximum Gasteiger partial charge on any atom is 0.0934 e. The molecule has 1 heterocycles. The summed E-state index contributed by atoms with van der Waals surface area (Å²) >= 11 is 11.6. The summed E-state index contributed by atoms with van der Waals surface area (Å²) in [4.78, 5) is 1.46. The molecule has 0 fully saturated rings. The molecular formula is C16H17BrClNS. The van der Waals surface area contributed by atoms with Gasteiger partial charge in [-0.1, -0.05) is 45.7 Å². The van der Waals surface area contributed by atoms with Crippen molar-refractivity contribution >= 4 is 38.9 Å². The first-order valence-corrected chi connectivity index (χ1v) is 8.92. The molecule has 1 nitrogen and oxygen atoms in total. The van der Waals surface area contributed by atoms with Crippen LogP contribution in [0.4, 0.5) is 0 Å². The van der Waals surface area contributed by atoms with Crippen molar-refractivity contribution in [2.75, 3.05) is 0 Å². The maximum absolute atomic E-state index is 6.18. The van der Waals surface area contributed by atoms with Gasteiger partial charge in [-0.3, -0.25) is 0 Å². The number of rotatable bonds is 3. The van der Waals surface area contributed by atoms with Gasteiger partial charge in [0.25, 0.3) is 0 Å². The van der Waals surface area contributed by atoms with Crippen LogP contribution in [0.3, 0.4) is 0 Å². The van der Waals surface area contributed by atoms with E-state index in [0.29, 0.717) is 12.1 Å². The number of benzene rings is 1. The Hall–Kier alpha value is -0.350. The number of halogens is 2. The van der Waals surface area contributed by atoms with Gasteiger partial charge in [0.15, 0.2) is 0 Å². The zero-order valence-electron chi connectivity index (χ0n) is 11.3. The van der Waals surface area contributed by atoms with Gasteiger partial charge >= 0.3 is 0 Å². The van der Waals surface area contributed by atoms with E-state index in [9.17, 15) is 0 Å². The maximum atomic E-state index is 6.18. The van der Waals surface area contributed by atoms with Crippen LogP contribution in [0.1, 0.15) is 47.9 Å². The first-order valence-electron chi connectivity index (χ1n) is 6.93. The van der Waals surface area contributed by atoms with Gasteiger partial charge in [-0.25, -0.2) is 0 Å². The van der Waals surface area contributed by atoms with Gasteiger partial charge in [-0.05, 0) is 49.4 Å². The molecule has 0 bridgehead atoms. The zero-order chi connectivity index (χ0) is 14.1. The Bertz CT molecular complexity index is 610. The van der Waals surface area contributed by atoms with Gasteiger partial charge in [0.1, 0.15) is 0 Å². The van der Waals surface area contributed by atoms with E-state index in [1.165, 1.54) is 39.7 Å². The standard InChI is InChI=1S/C16H17BrClNS/c1-10(11-5-2-3-6-13(11)17)19-14-7-4-8-15-12(14)9-16(18)20-15/h2-3,5-6,9-10,14,19H,4,7-8H2,1H3/t10-,14?/m1/s1. The van der Waals surface area contributed by atoms with Crippen LogP contribution >= 0.6 is 38.9 Å². The molecule has 3 rings (SSSR count). The fourth-order valence-electron chi connectivity index (χ4n) is 2.91. The monoisotopic (exact) mass is 369 g/mol. The third kappa shape index (κ3) is 2.96. The van der Waals surface area contributed by atoms with Gasteiger partial charge in [0.2, 0.25) is 0 Å². The lowest BCUT2D eigenvalue weighted by Crippen LogP contribution is -2.27. The number of hydrogen-bond acceptors (Lipinski definition) is 2. The van der Waals surface area contributed by atoms with Gasteiger partial charge in [-0.15, -0.1) is 11.3 Å². The normalized spacial score (nSPS) is 19.6. The number of thiophene rings is 1. The van der Waals surface area contributed by atoms with E-state index < -0.39 is 0 Å². The van der Waals surface area contributed by atoms with Crippen molar-refractivity contribution < 1.29 is 0 Å². The summed E-state index contributed by atoms with van der Waals surface area (Å²) in [5.41, 5.74) is 2.71. The molecule has 4 heteroatoms. The predicted molar refractivity (Wildman–Crippen MR) is 90.7 cm³/mol. The topological polar surface area (TPSA) is 12.0 Å². The highest BCUT2D eigenvalue weighted by atomic mass is 79.9. The minimum Gasteiger partial charge on any atom is -0.303 e. The van der Waals surface area contributed by atoms with E-state index in [-0.39, 0.29) is 0 Å². The van der Waals surface area contributed by atoms with Crippen LogP contribution in [0.15, 0.2) is 34.8 Å². The molecule has 1 aromatic heterocycles. The molecule has 0 saturated heterocycles. The average molecular weight is 371 g/mol. The third-order valence-corrected chi connectivity index (χ3v) is 5.97. The second-order valence-corrected chi connectivity index (χ2v) is 7.91. The Morgan fingerprint density at radius 2 is 2.20 bits per heavy atom. The highest BCUT2D eigenvalue weighted by Crippen LogP contribution is 2.39. The molecule has 20 heavy (non-hydrogen) atoms. The van der Waals surface area contributed by atoms with Crippen LogP contribution < -0.4 is 5.32 Å². The number of hydrogen-bond donors (Lipinski definition) is 1. The summed E-state index contributed by atoms with van der Waals surface area (Å²) in [5.74, 6) is 0. The van der Waals surface area contributed by atoms with Crippen LogP contribution in [0.5, 0.6) is 0 Å². The molecule has 0 spiro atoms. The molecule has 2 aromatic rings. The molecule has 2 atom stereocenters. The zero-order valence-corrected chi connectivity index (χ0v) is 14.5. The lowest BCUT2D eigenvalue weighted by molar-refractivity contribution is 0.417. The SMILES string of the molecule is C[C@@H](NC1CCCc2sc(Cl)cc21)c1ccccc1Br. The van der Waals surface area contributed by atoms with Crippen molar-refractivity contribution in [1.29, 1.82) is 0 Å². The Balaban J connectivity index is 1.80. The third-order valence-electron chi connectivity index (χ3n) is 3.91. The molecule has 106 valence electrons. The summed E-state index contributed by atoms with van der Waals surface area (Å²) in [6.45, 7) is 2.22. The van der Waals surface area contributed by atoms with Crippen molar-refractivity contribution in [3.05, 3.63) is 55.1 Å². The van der Waals surface area contributed by atoms with Gasteiger partial charge in [0.05, 0.1) is 4.34 Å². The molecule has 1 unspecified atom stereocenters. The van der Waals surface area contributed by atoms with Crippen molar-refractivity contribution in [2.24, 2.45) is 0 Å². The average Bonchev–Trinajstić information content (AvgIpc) is 2.80. The summed E-state index contributed by atoms with van der Waals surface area (Å²) in [7, 11) is 0. The molecule has 1 N–H and O–H groups in total. The molecule has 0 aliphatic heterocycles. The Kier molecular flexibility index (Phi) is 4.51. The molecule has 0 saturated carbocycles. The fraction of sp³-hybridized carbons (Fsp3) is 0.375. The van der Waals surface area contributed by atoms with E-state index in [2.05, 4.69) is 58.5 Å². The van der Waals surface area contributed by atoms with Crippen molar-refractivity contribution in [3.63, 3.8) is 0 Å². The van der Waals surface area contributed by atoms with Crippen LogP contribution in [0, 0.1) is 0 Å². The van der Waals surface area contributed by atoms with Crippen LogP contribution in [-0.4, -0.2) is 0 Å².